The van der Waals surface area contributed by atoms with Crippen LogP contribution in [0.2, 0.25) is 0 Å². The van der Waals surface area contributed by atoms with Gasteiger partial charge in [-0.2, -0.15) is 0 Å². The molecule has 1 amide bonds. The van der Waals surface area contributed by atoms with E-state index in [0.29, 0.717) is 6.61 Å². The van der Waals surface area contributed by atoms with Crippen LogP contribution in [0.1, 0.15) is 13.3 Å². The van der Waals surface area contributed by atoms with Crippen molar-refractivity contribution in [1.82, 2.24) is 3.53 Å². The summed E-state index contributed by atoms with van der Waals surface area (Å²) in [7, 11) is 0. The normalized spacial score (nSPS) is 29.8. The first-order valence-corrected chi connectivity index (χ1v) is 4.39. The Hall–Kier alpha value is 0.160. The van der Waals surface area contributed by atoms with E-state index in [0.717, 1.165) is 6.42 Å². The number of ether oxygens (including phenoxy) is 1. The zero-order valence-electron chi connectivity index (χ0n) is 5.76. The molecule has 1 rings (SSSR count). The SMILES string of the molecule is CCOC1CC1C(=O)NI. The van der Waals surface area contributed by atoms with Crippen molar-refractivity contribution in [3.05, 3.63) is 0 Å². The highest BCUT2D eigenvalue weighted by Gasteiger charge is 2.43. The standard InChI is InChI=1S/C6H10INO2/c1-2-10-5-3-4(5)6(9)8-7/h4-5H,2-3H2,1H3,(H,8,9). The first kappa shape index (κ1) is 8.26. The molecular formula is C6H10INO2. The first-order valence-electron chi connectivity index (χ1n) is 3.31. The molecule has 0 bridgehead atoms. The monoisotopic (exact) mass is 255 g/mol. The molecule has 3 nitrogen and oxygen atoms in total. The lowest BCUT2D eigenvalue weighted by Gasteiger charge is -1.96. The average Bonchev–Trinajstić information content (AvgIpc) is 2.67. The second-order valence-corrected chi connectivity index (χ2v) is 2.83. The van der Waals surface area contributed by atoms with E-state index in [4.69, 9.17) is 4.74 Å². The number of hydrogen-bond acceptors (Lipinski definition) is 2. The van der Waals surface area contributed by atoms with Gasteiger partial charge in [0.15, 0.2) is 0 Å². The number of amides is 1. The number of carbonyl (C=O) groups is 1. The molecule has 1 aliphatic carbocycles. The minimum Gasteiger partial charge on any atom is -0.378 e. The second-order valence-electron chi connectivity index (χ2n) is 2.29. The van der Waals surface area contributed by atoms with E-state index in [1.54, 1.807) is 0 Å². The van der Waals surface area contributed by atoms with Gasteiger partial charge >= 0.3 is 0 Å². The molecule has 2 unspecified atom stereocenters. The van der Waals surface area contributed by atoms with Gasteiger partial charge in [0, 0.05) is 6.61 Å². The third-order valence-electron chi connectivity index (χ3n) is 1.54. The van der Waals surface area contributed by atoms with Crippen LogP contribution in [0.4, 0.5) is 0 Å². The summed E-state index contributed by atoms with van der Waals surface area (Å²) in [4.78, 5) is 10.9. The van der Waals surface area contributed by atoms with E-state index < -0.39 is 0 Å². The molecule has 10 heavy (non-hydrogen) atoms. The summed E-state index contributed by atoms with van der Waals surface area (Å²) >= 11 is 1.85. The summed E-state index contributed by atoms with van der Waals surface area (Å²) in [5.74, 6) is 0.218. The van der Waals surface area contributed by atoms with E-state index in [1.807, 2.05) is 29.8 Å². The molecule has 1 aliphatic rings. The Kier molecular flexibility index (Phi) is 2.91. The van der Waals surface area contributed by atoms with Gasteiger partial charge < -0.3 is 4.74 Å². The highest BCUT2D eigenvalue weighted by Crippen LogP contribution is 2.33. The van der Waals surface area contributed by atoms with Crippen molar-refractivity contribution >= 4 is 28.8 Å². The lowest BCUT2D eigenvalue weighted by atomic mass is 10.4. The van der Waals surface area contributed by atoms with Crippen molar-refractivity contribution in [2.24, 2.45) is 5.92 Å². The molecule has 1 saturated carbocycles. The Balaban J connectivity index is 2.18. The van der Waals surface area contributed by atoms with Crippen LogP contribution in [0.5, 0.6) is 0 Å². The van der Waals surface area contributed by atoms with Crippen LogP contribution >= 0.6 is 22.9 Å². The number of rotatable bonds is 3. The Labute approximate surface area is 74.0 Å². The van der Waals surface area contributed by atoms with Crippen LogP contribution < -0.4 is 3.53 Å². The quantitative estimate of drug-likeness (QED) is 0.600. The van der Waals surface area contributed by atoms with Gasteiger partial charge in [0.1, 0.15) is 0 Å². The highest BCUT2D eigenvalue weighted by atomic mass is 127. The Bertz CT molecular complexity index is 140. The number of nitrogens with one attached hydrogen (secondary N) is 1. The number of halogens is 1. The third-order valence-corrected chi connectivity index (χ3v) is 2.07. The maximum atomic E-state index is 10.9. The van der Waals surface area contributed by atoms with E-state index >= 15 is 0 Å². The highest BCUT2D eigenvalue weighted by molar-refractivity contribution is 14.1. The van der Waals surface area contributed by atoms with Crippen LogP contribution in [-0.2, 0) is 9.53 Å². The van der Waals surface area contributed by atoms with Gasteiger partial charge in [-0.25, -0.2) is 0 Å². The van der Waals surface area contributed by atoms with Crippen LogP contribution in [0.3, 0.4) is 0 Å². The van der Waals surface area contributed by atoms with E-state index in [2.05, 4.69) is 3.53 Å². The maximum absolute atomic E-state index is 10.9. The van der Waals surface area contributed by atoms with Gasteiger partial charge in [0.25, 0.3) is 0 Å². The first-order chi connectivity index (χ1) is 4.79. The van der Waals surface area contributed by atoms with Gasteiger partial charge in [0.2, 0.25) is 5.91 Å². The minimum absolute atomic E-state index is 0.0963. The molecule has 1 N–H and O–H groups in total. The van der Waals surface area contributed by atoms with Crippen molar-refractivity contribution < 1.29 is 9.53 Å². The van der Waals surface area contributed by atoms with Gasteiger partial charge in [0.05, 0.1) is 34.9 Å². The third kappa shape index (κ3) is 1.82. The van der Waals surface area contributed by atoms with Crippen molar-refractivity contribution in [2.75, 3.05) is 6.61 Å². The van der Waals surface area contributed by atoms with Crippen LogP contribution in [0.25, 0.3) is 0 Å². The fourth-order valence-corrected chi connectivity index (χ4v) is 1.32. The topological polar surface area (TPSA) is 38.3 Å². The average molecular weight is 255 g/mol. The molecular weight excluding hydrogens is 245 g/mol. The second kappa shape index (κ2) is 3.52. The molecule has 0 aromatic rings. The zero-order valence-corrected chi connectivity index (χ0v) is 7.92. The van der Waals surface area contributed by atoms with Crippen LogP contribution in [0.15, 0.2) is 0 Å². The van der Waals surface area contributed by atoms with Crippen molar-refractivity contribution in [3.63, 3.8) is 0 Å². The molecule has 0 radical (unpaired) electrons. The van der Waals surface area contributed by atoms with Gasteiger partial charge in [-0.15, -0.1) is 0 Å². The van der Waals surface area contributed by atoms with Gasteiger partial charge in [-0.05, 0) is 13.3 Å². The van der Waals surface area contributed by atoms with Gasteiger partial charge in [-0.1, -0.05) is 0 Å². The molecule has 0 heterocycles. The summed E-state index contributed by atoms with van der Waals surface area (Å²) in [5.41, 5.74) is 0. The molecule has 0 aromatic carbocycles. The fourth-order valence-electron chi connectivity index (χ4n) is 0.916. The van der Waals surface area contributed by atoms with E-state index in [1.165, 1.54) is 0 Å². The van der Waals surface area contributed by atoms with Crippen molar-refractivity contribution in [1.29, 1.82) is 0 Å². The summed E-state index contributed by atoms with van der Waals surface area (Å²) in [6.07, 6.45) is 1.09. The van der Waals surface area contributed by atoms with Crippen molar-refractivity contribution in [2.45, 2.75) is 19.4 Å². The summed E-state index contributed by atoms with van der Waals surface area (Å²) in [6, 6.07) is 0. The Morgan fingerprint density at radius 3 is 3.10 bits per heavy atom. The predicted molar refractivity (Wildman–Crippen MR) is 45.7 cm³/mol. The number of hydrogen-bond donors (Lipinski definition) is 1. The minimum atomic E-state index is 0.0963. The molecule has 58 valence electrons. The molecule has 0 aromatic heterocycles. The molecule has 4 heteroatoms. The fraction of sp³-hybridized carbons (Fsp3) is 0.833. The number of carbonyl (C=O) groups excluding carboxylic acids is 1. The molecule has 0 spiro atoms. The molecule has 0 saturated heterocycles. The smallest absolute Gasteiger partial charge is 0.234 e. The largest absolute Gasteiger partial charge is 0.378 e. The van der Waals surface area contributed by atoms with Gasteiger partial charge in [-0.3, -0.25) is 8.32 Å². The lowest BCUT2D eigenvalue weighted by Crippen LogP contribution is -2.16. The maximum Gasteiger partial charge on any atom is 0.234 e. The molecule has 0 aliphatic heterocycles. The van der Waals surface area contributed by atoms with E-state index in [9.17, 15) is 4.79 Å². The Morgan fingerprint density at radius 2 is 2.60 bits per heavy atom. The summed E-state index contributed by atoms with van der Waals surface area (Å²) in [5, 5.41) is 0. The summed E-state index contributed by atoms with van der Waals surface area (Å²) in [6.45, 7) is 2.65. The van der Waals surface area contributed by atoms with E-state index in [-0.39, 0.29) is 17.9 Å². The van der Waals surface area contributed by atoms with Crippen LogP contribution in [0, 0.1) is 5.92 Å². The molecule has 1 fully saturated rings. The summed E-state index contributed by atoms with van der Waals surface area (Å²) < 4.78 is 7.79. The van der Waals surface area contributed by atoms with Crippen LogP contribution in [-0.4, -0.2) is 18.6 Å². The molecule has 2 atom stereocenters. The lowest BCUT2D eigenvalue weighted by molar-refractivity contribution is -0.120. The Morgan fingerprint density at radius 1 is 1.90 bits per heavy atom. The predicted octanol–water partition coefficient (Wildman–Crippen LogP) is 0.878. The zero-order chi connectivity index (χ0) is 7.56. The van der Waals surface area contributed by atoms with Crippen molar-refractivity contribution in [3.8, 4) is 0 Å².